The summed E-state index contributed by atoms with van der Waals surface area (Å²) in [5.74, 6) is 0.202. The van der Waals surface area contributed by atoms with Crippen molar-refractivity contribution in [2.45, 2.75) is 39.8 Å². The van der Waals surface area contributed by atoms with E-state index in [0.717, 1.165) is 5.56 Å². The lowest BCUT2D eigenvalue weighted by atomic mass is 10.2. The Morgan fingerprint density at radius 3 is 2.56 bits per heavy atom. The van der Waals surface area contributed by atoms with E-state index in [-0.39, 0.29) is 11.8 Å². The maximum absolute atomic E-state index is 11.9. The molecule has 0 aromatic heterocycles. The van der Waals surface area contributed by atoms with Crippen LogP contribution in [0.5, 0.6) is 5.75 Å². The smallest absolute Gasteiger partial charge is 0.410 e. The molecule has 1 aromatic carbocycles. The van der Waals surface area contributed by atoms with Gasteiger partial charge in [-0.05, 0) is 45.4 Å². The molecular formula is C14H21NO3. The quantitative estimate of drug-likeness (QED) is 0.897. The number of aromatic hydroxyl groups is 1. The maximum Gasteiger partial charge on any atom is 0.410 e. The third-order valence-electron chi connectivity index (χ3n) is 2.32. The molecule has 0 spiro atoms. The Labute approximate surface area is 108 Å². The fourth-order valence-electron chi connectivity index (χ4n) is 1.51. The number of carbonyl (C=O) groups is 1. The summed E-state index contributed by atoms with van der Waals surface area (Å²) in [7, 11) is 0. The maximum atomic E-state index is 11.9. The highest BCUT2D eigenvalue weighted by Crippen LogP contribution is 2.15. The number of phenolic OH excluding ortho intramolecular Hbond substituents is 1. The van der Waals surface area contributed by atoms with Gasteiger partial charge in [-0.3, -0.25) is 0 Å². The van der Waals surface area contributed by atoms with Crippen LogP contribution in [0.1, 0.15) is 33.3 Å². The first-order valence-electron chi connectivity index (χ1n) is 6.07. The largest absolute Gasteiger partial charge is 0.508 e. The highest BCUT2D eigenvalue weighted by atomic mass is 16.6. The van der Waals surface area contributed by atoms with Crippen molar-refractivity contribution in [2.24, 2.45) is 0 Å². The fraction of sp³-hybridized carbons (Fsp3) is 0.500. The zero-order valence-electron chi connectivity index (χ0n) is 11.4. The third kappa shape index (κ3) is 4.65. The van der Waals surface area contributed by atoms with Crippen LogP contribution >= 0.6 is 0 Å². The van der Waals surface area contributed by atoms with Crippen molar-refractivity contribution in [3.05, 3.63) is 29.8 Å². The number of nitrogens with zero attached hydrogens (tertiary/aromatic N) is 1. The average molecular weight is 251 g/mol. The lowest BCUT2D eigenvalue weighted by molar-refractivity contribution is 0.0244. The Balaban J connectivity index is 2.70. The number of phenols is 1. The van der Waals surface area contributed by atoms with Crippen LogP contribution in [-0.2, 0) is 11.3 Å². The standard InChI is InChI=1S/C14H21NO3/c1-5-15(13(17)18-14(2,3)4)10-11-7-6-8-12(16)9-11/h6-9,16H,5,10H2,1-4H3. The van der Waals surface area contributed by atoms with E-state index in [4.69, 9.17) is 4.74 Å². The van der Waals surface area contributed by atoms with Crippen molar-refractivity contribution in [3.63, 3.8) is 0 Å². The van der Waals surface area contributed by atoms with Gasteiger partial charge in [-0.15, -0.1) is 0 Å². The van der Waals surface area contributed by atoms with Crippen molar-refractivity contribution in [1.29, 1.82) is 0 Å². The number of ether oxygens (including phenoxy) is 1. The molecule has 4 nitrogen and oxygen atoms in total. The van der Waals surface area contributed by atoms with Crippen molar-refractivity contribution >= 4 is 6.09 Å². The molecule has 100 valence electrons. The molecule has 0 saturated carbocycles. The molecule has 0 heterocycles. The second-order valence-electron chi connectivity index (χ2n) is 5.16. The van der Waals surface area contributed by atoms with Crippen LogP contribution in [0.2, 0.25) is 0 Å². The molecule has 0 aliphatic rings. The molecule has 4 heteroatoms. The molecule has 0 saturated heterocycles. The predicted octanol–water partition coefficient (Wildman–Crippen LogP) is 3.15. The topological polar surface area (TPSA) is 49.8 Å². The van der Waals surface area contributed by atoms with E-state index in [1.807, 2.05) is 33.8 Å². The molecule has 0 fully saturated rings. The van der Waals surface area contributed by atoms with Gasteiger partial charge in [0, 0.05) is 13.1 Å². The molecule has 0 aliphatic carbocycles. The zero-order chi connectivity index (χ0) is 13.8. The van der Waals surface area contributed by atoms with Crippen LogP contribution in [0.15, 0.2) is 24.3 Å². The van der Waals surface area contributed by atoms with E-state index in [0.29, 0.717) is 13.1 Å². The van der Waals surface area contributed by atoms with Crippen LogP contribution in [-0.4, -0.2) is 28.2 Å². The van der Waals surface area contributed by atoms with E-state index >= 15 is 0 Å². The number of hydrogen-bond donors (Lipinski definition) is 1. The minimum atomic E-state index is -0.497. The molecule has 0 radical (unpaired) electrons. The summed E-state index contributed by atoms with van der Waals surface area (Å²) in [5, 5.41) is 9.39. The molecular weight excluding hydrogens is 230 g/mol. The van der Waals surface area contributed by atoms with Crippen LogP contribution in [0.25, 0.3) is 0 Å². The summed E-state index contributed by atoms with van der Waals surface area (Å²) < 4.78 is 5.32. The molecule has 1 N–H and O–H groups in total. The van der Waals surface area contributed by atoms with Crippen LogP contribution in [0, 0.1) is 0 Å². The summed E-state index contributed by atoms with van der Waals surface area (Å²) in [6, 6.07) is 6.88. The van der Waals surface area contributed by atoms with Crippen molar-refractivity contribution in [3.8, 4) is 5.75 Å². The Morgan fingerprint density at radius 2 is 2.06 bits per heavy atom. The van der Waals surface area contributed by atoms with E-state index in [2.05, 4.69) is 0 Å². The minimum absolute atomic E-state index is 0.202. The van der Waals surface area contributed by atoms with Crippen LogP contribution < -0.4 is 0 Å². The summed E-state index contributed by atoms with van der Waals surface area (Å²) in [5.41, 5.74) is 0.381. The molecule has 1 aromatic rings. The highest BCUT2D eigenvalue weighted by Gasteiger charge is 2.21. The van der Waals surface area contributed by atoms with Gasteiger partial charge in [0.2, 0.25) is 0 Å². The minimum Gasteiger partial charge on any atom is -0.508 e. The molecule has 0 bridgehead atoms. The lowest BCUT2D eigenvalue weighted by Gasteiger charge is -2.26. The Morgan fingerprint density at radius 1 is 1.39 bits per heavy atom. The van der Waals surface area contributed by atoms with Crippen molar-refractivity contribution < 1.29 is 14.6 Å². The summed E-state index contributed by atoms with van der Waals surface area (Å²) in [6.07, 6.45) is -0.339. The number of rotatable bonds is 3. The Kier molecular flexibility index (Phi) is 4.59. The van der Waals surface area contributed by atoms with E-state index in [1.165, 1.54) is 0 Å². The Hall–Kier alpha value is -1.71. The van der Waals surface area contributed by atoms with E-state index < -0.39 is 5.60 Å². The summed E-state index contributed by atoms with van der Waals surface area (Å²) in [4.78, 5) is 13.5. The van der Waals surface area contributed by atoms with Gasteiger partial charge in [-0.25, -0.2) is 4.79 Å². The van der Waals surface area contributed by atoms with Crippen molar-refractivity contribution in [1.82, 2.24) is 4.90 Å². The average Bonchev–Trinajstić information content (AvgIpc) is 2.23. The second-order valence-corrected chi connectivity index (χ2v) is 5.16. The van der Waals surface area contributed by atoms with Crippen molar-refractivity contribution in [2.75, 3.05) is 6.54 Å². The number of benzene rings is 1. The lowest BCUT2D eigenvalue weighted by Crippen LogP contribution is -2.36. The van der Waals surface area contributed by atoms with Gasteiger partial charge in [0.1, 0.15) is 11.4 Å². The molecule has 0 aliphatic heterocycles. The summed E-state index contributed by atoms with van der Waals surface area (Å²) in [6.45, 7) is 8.41. The van der Waals surface area contributed by atoms with E-state index in [9.17, 15) is 9.90 Å². The van der Waals surface area contributed by atoms with Gasteiger partial charge in [-0.2, -0.15) is 0 Å². The van der Waals surface area contributed by atoms with Crippen LogP contribution in [0.3, 0.4) is 0 Å². The molecule has 1 rings (SSSR count). The first-order chi connectivity index (χ1) is 8.31. The second kappa shape index (κ2) is 5.76. The van der Waals surface area contributed by atoms with Gasteiger partial charge in [0.25, 0.3) is 0 Å². The number of hydrogen-bond acceptors (Lipinski definition) is 3. The molecule has 0 atom stereocenters. The zero-order valence-corrected chi connectivity index (χ0v) is 11.4. The van der Waals surface area contributed by atoms with Gasteiger partial charge >= 0.3 is 6.09 Å². The fourth-order valence-corrected chi connectivity index (χ4v) is 1.51. The summed E-state index contributed by atoms with van der Waals surface area (Å²) >= 11 is 0. The third-order valence-corrected chi connectivity index (χ3v) is 2.32. The Bertz CT molecular complexity index is 410. The molecule has 18 heavy (non-hydrogen) atoms. The van der Waals surface area contributed by atoms with Gasteiger partial charge in [0.15, 0.2) is 0 Å². The van der Waals surface area contributed by atoms with E-state index in [1.54, 1.807) is 23.1 Å². The number of amides is 1. The monoisotopic (exact) mass is 251 g/mol. The SMILES string of the molecule is CCN(Cc1cccc(O)c1)C(=O)OC(C)(C)C. The first-order valence-corrected chi connectivity index (χ1v) is 6.07. The highest BCUT2D eigenvalue weighted by molar-refractivity contribution is 5.68. The predicted molar refractivity (Wildman–Crippen MR) is 70.4 cm³/mol. The first kappa shape index (κ1) is 14.4. The molecule has 0 unspecified atom stereocenters. The van der Waals surface area contributed by atoms with Gasteiger partial charge in [0.05, 0.1) is 0 Å². The number of carbonyl (C=O) groups excluding carboxylic acids is 1. The van der Waals surface area contributed by atoms with Crippen LogP contribution in [0.4, 0.5) is 4.79 Å². The molecule has 1 amide bonds. The normalized spacial score (nSPS) is 11.1. The van der Waals surface area contributed by atoms with Gasteiger partial charge in [-0.1, -0.05) is 12.1 Å². The van der Waals surface area contributed by atoms with Gasteiger partial charge < -0.3 is 14.7 Å².